The summed E-state index contributed by atoms with van der Waals surface area (Å²) in [7, 11) is 0. The number of hydrogen-bond acceptors (Lipinski definition) is 39. The molecule has 26 atom stereocenters. The van der Waals surface area contributed by atoms with E-state index in [9.17, 15) is 134 Å². The van der Waals surface area contributed by atoms with Crippen molar-refractivity contribution >= 4 is 64.5 Å². The molecule has 0 aromatic carbocycles. The Morgan fingerprint density at radius 1 is 0.382 bits per heavy atom. The number of amides is 6. The van der Waals surface area contributed by atoms with Crippen LogP contribution in [-0.2, 0) is 105 Å². The second-order valence-electron chi connectivity index (χ2n) is 32.0. The number of rotatable bonds is 59. The first-order valence-electron chi connectivity index (χ1n) is 42.7. The number of hydrogen-bond donors (Lipinski definition) is 20. The van der Waals surface area contributed by atoms with E-state index < -0.39 is 253 Å². The smallest absolute Gasteiger partial charge is 0.333 e. The number of ketones is 4. The van der Waals surface area contributed by atoms with Crippen LogP contribution >= 0.6 is 0 Å². The highest BCUT2D eigenvalue weighted by Gasteiger charge is 2.53. The van der Waals surface area contributed by atoms with Gasteiger partial charge in [0.15, 0.2) is 31.5 Å². The topological polar surface area (TPSA) is 668 Å². The lowest BCUT2D eigenvalue weighted by molar-refractivity contribution is -0.366. The van der Waals surface area contributed by atoms with Crippen molar-refractivity contribution in [3.8, 4) is 0 Å². The third-order valence-corrected chi connectivity index (χ3v) is 21.9. The molecule has 123 heavy (non-hydrogen) atoms. The van der Waals surface area contributed by atoms with Crippen molar-refractivity contribution in [3.63, 3.8) is 0 Å². The van der Waals surface area contributed by atoms with Gasteiger partial charge >= 0.3 is 5.97 Å². The Hall–Kier alpha value is -5.91. The van der Waals surface area contributed by atoms with E-state index in [0.29, 0.717) is 88.5 Å². The lowest BCUT2D eigenvalue weighted by Gasteiger charge is -2.46. The van der Waals surface area contributed by atoms with Crippen LogP contribution in [0.25, 0.3) is 0 Å². The van der Waals surface area contributed by atoms with E-state index >= 15 is 0 Å². The largest absolute Gasteiger partial charge is 0.394 e. The SMILES string of the molecule is C[C@@H]1O[C@@H](OCCCC(=O)CCCCCNC(=O)CC[C@H](CC(=O)CN(CC(=O)NCCCCCC(=O)CCCO[C@H]2O[C@H](CO[C@H]3O[C@H](CO)[C@@H](O)[C@H](O)[C@@H]3O)[C@@H](O)[C@H](O[C@H]3O[C@H](CO)[C@@H](O)[C@H](O)[C@@H]3O)[C@@H]2O)CC(=O)NCCCCCC(=O)ON2C(=O)CCC2=O)C(=O)NCCCCCC(=O)CCCO[C@@H]2O[C@@H](C)[C@@H](O)[C@@H](O)[C@@H]2O)[C@@H](O)[C@H](O)[C@@H]1O. The van der Waals surface area contributed by atoms with Gasteiger partial charge in [0.05, 0.1) is 71.5 Å². The minimum Gasteiger partial charge on any atom is -0.394 e. The number of aliphatic hydroxyl groups excluding tert-OH is 16. The van der Waals surface area contributed by atoms with Crippen molar-refractivity contribution in [2.24, 2.45) is 5.92 Å². The Balaban J connectivity index is 0.989. The van der Waals surface area contributed by atoms with Crippen LogP contribution in [0, 0.1) is 5.92 Å². The minimum atomic E-state index is -1.98. The number of unbranched alkanes of at least 4 members (excludes halogenated alkanes) is 8. The van der Waals surface area contributed by atoms with Gasteiger partial charge in [-0.2, -0.15) is 0 Å². The normalized spacial score (nSPS) is 31.3. The van der Waals surface area contributed by atoms with Crippen molar-refractivity contribution in [3.05, 3.63) is 0 Å². The van der Waals surface area contributed by atoms with E-state index in [4.69, 9.17) is 52.2 Å². The second-order valence-corrected chi connectivity index (χ2v) is 32.0. The molecule has 0 unspecified atom stereocenters. The van der Waals surface area contributed by atoms with Crippen LogP contribution in [-0.4, -0.2) is 395 Å². The molecule has 6 fully saturated rings. The molecule has 0 spiro atoms. The fourth-order valence-electron chi connectivity index (χ4n) is 14.4. The summed E-state index contributed by atoms with van der Waals surface area (Å²) in [5.74, 6) is -6.17. The van der Waals surface area contributed by atoms with Gasteiger partial charge in [0, 0.05) is 103 Å². The highest BCUT2D eigenvalue weighted by atomic mass is 16.8. The molecule has 44 nitrogen and oxygen atoms in total. The lowest BCUT2D eigenvalue weighted by atomic mass is 9.95. The molecule has 0 bridgehead atoms. The average Bonchev–Trinajstić information content (AvgIpc) is 0.928. The predicted molar refractivity (Wildman–Crippen MR) is 416 cm³/mol. The van der Waals surface area contributed by atoms with Crippen LogP contribution in [0.5, 0.6) is 0 Å². The molecule has 706 valence electrons. The maximum absolute atomic E-state index is 14.2. The quantitative estimate of drug-likeness (QED) is 0.0199. The van der Waals surface area contributed by atoms with Gasteiger partial charge in [0.2, 0.25) is 23.6 Å². The number of imide groups is 1. The number of Topliss-reactive ketones (excluding diaryl/α,β-unsaturated/α-hetero) is 4. The van der Waals surface area contributed by atoms with Crippen molar-refractivity contribution in [1.82, 2.24) is 31.2 Å². The van der Waals surface area contributed by atoms with Crippen molar-refractivity contribution in [2.75, 3.05) is 85.5 Å². The highest BCUT2D eigenvalue weighted by molar-refractivity contribution is 6.01. The number of aliphatic hydroxyl groups is 16. The Labute approximate surface area is 712 Å². The van der Waals surface area contributed by atoms with Gasteiger partial charge in [-0.05, 0) is 90.9 Å². The third kappa shape index (κ3) is 35.6. The Bertz CT molecular complexity index is 3230. The third-order valence-electron chi connectivity index (χ3n) is 21.9. The van der Waals surface area contributed by atoms with Gasteiger partial charge in [-0.1, -0.05) is 25.7 Å². The Morgan fingerprint density at radius 3 is 1.20 bits per heavy atom. The van der Waals surface area contributed by atoms with Crippen molar-refractivity contribution in [1.29, 1.82) is 0 Å². The maximum atomic E-state index is 14.2. The van der Waals surface area contributed by atoms with Gasteiger partial charge < -0.3 is 155 Å². The first-order chi connectivity index (χ1) is 58.6. The summed E-state index contributed by atoms with van der Waals surface area (Å²) in [5, 5.41) is 177. The summed E-state index contributed by atoms with van der Waals surface area (Å²) in [4.78, 5) is 150. The summed E-state index contributed by atoms with van der Waals surface area (Å²) in [6, 6.07) is 0. The summed E-state index contributed by atoms with van der Waals surface area (Å²) in [5.41, 5.74) is 0. The monoisotopic (exact) mass is 1770 g/mol. The van der Waals surface area contributed by atoms with E-state index in [0.717, 1.165) is 0 Å². The fraction of sp³-hybridized carbons (Fsp3) is 0.861. The van der Waals surface area contributed by atoms with Gasteiger partial charge in [-0.15, -0.1) is 5.06 Å². The van der Waals surface area contributed by atoms with E-state index in [1.54, 1.807) is 0 Å². The Kier molecular flexibility index (Phi) is 48.0. The molecule has 0 aromatic heterocycles. The molecule has 0 radical (unpaired) electrons. The number of carbonyl (C=O) groups excluding carboxylic acids is 11. The molecule has 0 aromatic rings. The molecule has 6 aliphatic heterocycles. The summed E-state index contributed by atoms with van der Waals surface area (Å²) >= 11 is 0. The zero-order valence-electron chi connectivity index (χ0n) is 69.8. The molecule has 6 saturated heterocycles. The van der Waals surface area contributed by atoms with Crippen LogP contribution in [0.15, 0.2) is 0 Å². The second kappa shape index (κ2) is 55.7. The molecule has 20 N–H and O–H groups in total. The van der Waals surface area contributed by atoms with Gasteiger partial charge in [0.25, 0.3) is 11.8 Å². The van der Waals surface area contributed by atoms with Crippen LogP contribution in [0.3, 0.4) is 0 Å². The maximum Gasteiger partial charge on any atom is 0.333 e. The summed E-state index contributed by atoms with van der Waals surface area (Å²) in [6.45, 7) is -0.347. The molecule has 0 saturated carbocycles. The predicted octanol–water partition coefficient (Wildman–Crippen LogP) is -6.84. The zero-order valence-corrected chi connectivity index (χ0v) is 69.8. The van der Waals surface area contributed by atoms with Gasteiger partial charge in [0.1, 0.15) is 133 Å². The van der Waals surface area contributed by atoms with Crippen LogP contribution < -0.4 is 21.3 Å². The molecule has 6 heterocycles. The first-order valence-corrected chi connectivity index (χ1v) is 42.7. The number of nitrogens with one attached hydrogen (secondary N) is 4. The van der Waals surface area contributed by atoms with Crippen LogP contribution in [0.2, 0.25) is 0 Å². The number of hydroxylamine groups is 2. The van der Waals surface area contributed by atoms with Crippen molar-refractivity contribution in [2.45, 2.75) is 341 Å². The van der Waals surface area contributed by atoms with Crippen molar-refractivity contribution < 1.29 is 187 Å². The molecule has 6 rings (SSSR count). The molecular formula is C79H132N6O38. The zero-order chi connectivity index (χ0) is 90.4. The minimum absolute atomic E-state index is 0.0345. The summed E-state index contributed by atoms with van der Waals surface area (Å²) in [6.07, 6.45) is -32.9. The molecule has 44 heteroatoms. The fourth-order valence-corrected chi connectivity index (χ4v) is 14.4. The van der Waals surface area contributed by atoms with Gasteiger partial charge in [-0.25, -0.2) is 4.79 Å². The van der Waals surface area contributed by atoms with E-state index in [-0.39, 0.29) is 147 Å². The van der Waals surface area contributed by atoms with E-state index in [2.05, 4.69) is 21.3 Å². The van der Waals surface area contributed by atoms with E-state index in [1.165, 1.54) is 18.7 Å². The number of carbonyl (C=O) groups is 11. The van der Waals surface area contributed by atoms with Crippen LogP contribution in [0.4, 0.5) is 0 Å². The average molecular weight is 1770 g/mol. The molecule has 0 aliphatic carbocycles. The van der Waals surface area contributed by atoms with E-state index in [1.807, 2.05) is 0 Å². The van der Waals surface area contributed by atoms with Gasteiger partial charge in [-0.3, -0.25) is 52.8 Å². The standard InChI is InChI=1S/C79H132N6O38/c1-43-59(98)64(103)68(107)75(117-43)113-33-15-21-46(88)18-7-3-11-29-80-53(92)26-25-45(74(112)83-32-14-5-9-20-48(90)22-16-34-114-76-69(108)65(104)60(99)44(2)118-76)36-49(91)37-84(39-55(94)82-31-13-6-10-24-58(97)123-85-56(95)27-28-57(85)96)38-54(93)81-30-12-4-8-19-47(89)23-17-35-115-78-72(111)73(122-79-71(110)67(106)62(101)51(41-87)120-79)63(102)52(121-78)42-116-77-70(109)66(105)61(100)50(40-86)119-77/h43-45,50-52,59-73,75-79,86-87,98-111H,3-42H2,1-2H3,(H,80,92)(H,81,93)(H,82,94)(H,83,112)/t43-,44-,45+,50+,51+,52+,59+,60+,61+,62+,63+,64+,65+,66-,67-,68-,69-,70-,71-,72-,73-,75+,76+,77-,78-,79+/m0/s1. The first kappa shape index (κ1) is 106. The van der Waals surface area contributed by atoms with Crippen LogP contribution in [0.1, 0.15) is 187 Å². The summed E-state index contributed by atoms with van der Waals surface area (Å²) < 4.78 is 55.7. The molecular weight excluding hydrogens is 1640 g/mol. The lowest BCUT2D eigenvalue weighted by Crippen LogP contribution is -2.65. The number of ether oxygens (including phenoxy) is 10. The highest BCUT2D eigenvalue weighted by Crippen LogP contribution is 2.33. The molecule has 6 amide bonds. The Morgan fingerprint density at radius 2 is 0.756 bits per heavy atom. The molecule has 6 aliphatic rings. The number of nitrogens with zero attached hydrogens (tertiary/aromatic N) is 2.